The molecule has 0 heterocycles. The Morgan fingerprint density at radius 3 is 1.10 bits per heavy atom. The average Bonchev–Trinajstić information content (AvgIpc) is 1.12. The predicted octanol–water partition coefficient (Wildman–Crippen LogP) is 4.32. The lowest BCUT2D eigenvalue weighted by Crippen LogP contribution is -2.03. The van der Waals surface area contributed by atoms with Crippen molar-refractivity contribution in [3.8, 4) is 0 Å². The molecule has 0 bridgehead atoms. The maximum Gasteiger partial charge on any atom is 0.338 e. The maximum atomic E-state index is 11.7. The van der Waals surface area contributed by atoms with Gasteiger partial charge in [-0.1, -0.05) is 15.3 Å². The molecular weight excluding hydrogens is 297 g/mol. The normalized spacial score (nSPS) is 12.0. The smallest absolute Gasteiger partial charge is 0.300 e. The lowest BCUT2D eigenvalue weighted by atomic mass is 11.9. The van der Waals surface area contributed by atoms with Gasteiger partial charge in [0.15, 0.2) is 0 Å². The second-order valence-corrected chi connectivity index (χ2v) is 20.5. The molecule has 0 rings (SSSR count). The van der Waals surface area contributed by atoms with E-state index in [2.05, 4.69) is 15.3 Å². The summed E-state index contributed by atoms with van der Waals surface area (Å²) in [6.45, 7) is 4.78. The molecule has 0 aromatic rings. The molecule has 0 unspecified atom stereocenters. The van der Waals surface area contributed by atoms with Crippen LogP contribution in [0.2, 0.25) is 19.6 Å². The Kier molecular flexibility index (Phi) is 7.66. The summed E-state index contributed by atoms with van der Waals surface area (Å²) in [6, 6.07) is -2.19. The quantitative estimate of drug-likeness (QED) is 0.462. The molecule has 0 fully saturated rings. The standard InChI is InChI=1S/C2H6BrFSi.CH3Cl3Si/c2*1-5(2,3)4/h1-2H3;1H3. The van der Waals surface area contributed by atoms with Gasteiger partial charge in [0.2, 0.25) is 0 Å². The molecule has 0 N–H and O–H groups in total. The summed E-state index contributed by atoms with van der Waals surface area (Å²) < 4.78 is 11.7. The van der Waals surface area contributed by atoms with Crippen molar-refractivity contribution in [1.82, 2.24) is 0 Å². The van der Waals surface area contributed by atoms with Crippen LogP contribution in [0.25, 0.3) is 0 Å². The number of rotatable bonds is 0. The van der Waals surface area contributed by atoms with Gasteiger partial charge in [0.25, 0.3) is 0 Å². The van der Waals surface area contributed by atoms with E-state index in [1.807, 2.05) is 0 Å². The first-order chi connectivity index (χ1) is 4.00. The van der Waals surface area contributed by atoms with Crippen molar-refractivity contribution in [2.24, 2.45) is 0 Å². The Balaban J connectivity index is 0. The second-order valence-electron chi connectivity index (χ2n) is 2.11. The van der Waals surface area contributed by atoms with Gasteiger partial charge in [0, 0.05) is 0 Å². The zero-order valence-electron chi connectivity index (χ0n) is 5.89. The van der Waals surface area contributed by atoms with Crippen LogP contribution in [0, 0.1) is 0 Å². The molecule has 0 atom stereocenters. The third-order valence-corrected chi connectivity index (χ3v) is 0. The molecule has 64 valence electrons. The molecule has 0 radical (unpaired) electrons. The summed E-state index contributed by atoms with van der Waals surface area (Å²) in [5.74, 6) is 0. The molecule has 7 heteroatoms. The van der Waals surface area contributed by atoms with Gasteiger partial charge in [-0.25, -0.2) is 0 Å². The number of hydrogen-bond acceptors (Lipinski definition) is 0. The van der Waals surface area contributed by atoms with E-state index in [0.717, 1.165) is 0 Å². The fourth-order valence-corrected chi connectivity index (χ4v) is 0. The summed E-state index contributed by atoms with van der Waals surface area (Å²) >= 11 is 18.4. The molecule has 0 nitrogen and oxygen atoms in total. The molecule has 0 aliphatic carbocycles. The maximum absolute atomic E-state index is 11.7. The minimum Gasteiger partial charge on any atom is -0.300 e. The van der Waals surface area contributed by atoms with Crippen molar-refractivity contribution in [1.29, 1.82) is 0 Å². The summed E-state index contributed by atoms with van der Waals surface area (Å²) in [4.78, 5) is 0. The Morgan fingerprint density at radius 2 is 1.10 bits per heavy atom. The van der Waals surface area contributed by atoms with Crippen LogP contribution in [-0.2, 0) is 0 Å². The number of hydrogen-bond donors (Lipinski definition) is 0. The third kappa shape index (κ3) is 251. The minimum atomic E-state index is -2.30. The van der Waals surface area contributed by atoms with Gasteiger partial charge < -0.3 is 0 Å². The van der Waals surface area contributed by atoms with Crippen molar-refractivity contribution in [3.63, 3.8) is 0 Å². The lowest BCUT2D eigenvalue weighted by molar-refractivity contribution is 0.839. The first-order valence-corrected chi connectivity index (χ1v) is 13.1. The summed E-state index contributed by atoms with van der Waals surface area (Å²) in [6.07, 6.45) is 0. The largest absolute Gasteiger partial charge is 0.338 e. The van der Waals surface area contributed by atoms with Crippen molar-refractivity contribution in [2.45, 2.75) is 19.6 Å². The highest BCUT2D eigenvalue weighted by Crippen LogP contribution is 2.17. The molecule has 0 aromatic carbocycles. The molecule has 0 saturated carbocycles. The molecule has 0 saturated heterocycles. The van der Waals surface area contributed by atoms with Gasteiger partial charge in [-0.2, -0.15) is 0 Å². The van der Waals surface area contributed by atoms with E-state index in [1.54, 1.807) is 19.6 Å². The Morgan fingerprint density at radius 1 is 1.10 bits per heavy atom. The molecule has 0 amide bonds. The topological polar surface area (TPSA) is 0 Å². The summed E-state index contributed by atoms with van der Waals surface area (Å²) in [5, 5.41) is 0. The van der Waals surface area contributed by atoms with Crippen molar-refractivity contribution >= 4 is 61.6 Å². The number of halogens is 5. The van der Waals surface area contributed by atoms with E-state index >= 15 is 0 Å². The first-order valence-electron chi connectivity index (χ1n) is 2.44. The molecule has 0 aliphatic heterocycles. The molecule has 0 aromatic heterocycles. The Labute approximate surface area is 84.9 Å². The van der Waals surface area contributed by atoms with Gasteiger partial charge in [0.05, 0.1) is 0 Å². The van der Waals surface area contributed by atoms with Crippen LogP contribution in [0.5, 0.6) is 0 Å². The van der Waals surface area contributed by atoms with Gasteiger partial charge in [-0.15, -0.1) is 33.2 Å². The predicted molar refractivity (Wildman–Crippen MR) is 56.7 cm³/mol. The molecule has 0 aliphatic rings. The van der Waals surface area contributed by atoms with E-state index in [0.29, 0.717) is 0 Å². The highest BCUT2D eigenvalue weighted by Gasteiger charge is 2.13. The van der Waals surface area contributed by atoms with Crippen LogP contribution < -0.4 is 0 Å². The zero-order valence-corrected chi connectivity index (χ0v) is 11.7. The van der Waals surface area contributed by atoms with Crippen LogP contribution in [-0.4, -0.2) is 13.0 Å². The van der Waals surface area contributed by atoms with Crippen LogP contribution in [0.3, 0.4) is 0 Å². The highest BCUT2D eigenvalue weighted by molar-refractivity contribution is 9.25. The molecular formula is C3H9BrCl3FSi2. The van der Waals surface area contributed by atoms with Crippen molar-refractivity contribution in [3.05, 3.63) is 0 Å². The van der Waals surface area contributed by atoms with Gasteiger partial charge in [-0.3, -0.25) is 4.11 Å². The summed E-state index contributed by atoms with van der Waals surface area (Å²) in [5.41, 5.74) is 0. The first kappa shape index (κ1) is 14.2. The van der Waals surface area contributed by atoms with E-state index in [4.69, 9.17) is 33.2 Å². The Bertz CT molecular complexity index is 64.7. The minimum absolute atomic E-state index is 1.58. The SMILES string of the molecule is C[Si](C)(F)Br.C[Si](Cl)(Cl)Cl. The van der Waals surface area contributed by atoms with Crippen LogP contribution in [0.1, 0.15) is 0 Å². The Hall–Kier alpha value is 1.71. The van der Waals surface area contributed by atoms with E-state index < -0.39 is 13.0 Å². The van der Waals surface area contributed by atoms with E-state index in [-0.39, 0.29) is 0 Å². The molecule has 10 heavy (non-hydrogen) atoms. The fraction of sp³-hybridized carbons (Fsp3) is 1.00. The monoisotopic (exact) mass is 304 g/mol. The van der Waals surface area contributed by atoms with Gasteiger partial charge >= 0.3 is 13.0 Å². The fourth-order valence-electron chi connectivity index (χ4n) is 0. The van der Waals surface area contributed by atoms with E-state index in [1.165, 1.54) is 0 Å². The van der Waals surface area contributed by atoms with Gasteiger partial charge in [0.1, 0.15) is 0 Å². The van der Waals surface area contributed by atoms with E-state index in [9.17, 15) is 4.11 Å². The summed E-state index contributed by atoms with van der Waals surface area (Å²) in [7, 11) is -2.30. The van der Waals surface area contributed by atoms with Crippen molar-refractivity contribution < 1.29 is 4.11 Å². The molecule has 0 spiro atoms. The van der Waals surface area contributed by atoms with Crippen molar-refractivity contribution in [2.75, 3.05) is 0 Å². The van der Waals surface area contributed by atoms with Crippen LogP contribution >= 0.6 is 48.5 Å². The van der Waals surface area contributed by atoms with Crippen LogP contribution in [0.15, 0.2) is 0 Å². The van der Waals surface area contributed by atoms with Crippen LogP contribution in [0.4, 0.5) is 4.11 Å². The second kappa shape index (κ2) is 5.38. The lowest BCUT2D eigenvalue weighted by Gasteiger charge is -1.92. The highest BCUT2D eigenvalue weighted by atomic mass is 79.9. The third-order valence-electron chi connectivity index (χ3n) is 0. The average molecular weight is 307 g/mol. The zero-order chi connectivity index (χ0) is 9.00. The van der Waals surface area contributed by atoms with Gasteiger partial charge in [-0.05, 0) is 19.6 Å².